The Bertz CT molecular complexity index is 869. The van der Waals surface area contributed by atoms with Crippen molar-refractivity contribution in [2.45, 2.75) is 13.0 Å². The minimum absolute atomic E-state index is 0.180. The lowest BCUT2D eigenvalue weighted by molar-refractivity contribution is -0.120. The first-order chi connectivity index (χ1) is 12.0. The largest absolute Gasteiger partial charge is 0.459 e. The maximum absolute atomic E-state index is 12.8. The van der Waals surface area contributed by atoms with E-state index >= 15 is 0 Å². The van der Waals surface area contributed by atoms with Crippen molar-refractivity contribution in [1.82, 2.24) is 10.6 Å². The van der Waals surface area contributed by atoms with Crippen molar-refractivity contribution in [3.05, 3.63) is 71.7 Å². The Kier molecular flexibility index (Phi) is 4.79. The zero-order chi connectivity index (χ0) is 17.8. The van der Waals surface area contributed by atoms with Gasteiger partial charge in [-0.1, -0.05) is 18.2 Å². The highest BCUT2D eigenvalue weighted by atomic mass is 19.1. The molecular weight excluding hydrogens is 323 g/mol. The highest BCUT2D eigenvalue weighted by Gasteiger charge is 2.15. The van der Waals surface area contributed by atoms with Crippen LogP contribution >= 0.6 is 0 Å². The molecule has 5 nitrogen and oxygen atoms in total. The summed E-state index contributed by atoms with van der Waals surface area (Å²) in [6.07, 6.45) is 0. The van der Waals surface area contributed by atoms with Gasteiger partial charge in [-0.25, -0.2) is 4.39 Å². The van der Waals surface area contributed by atoms with Crippen molar-refractivity contribution in [1.29, 1.82) is 0 Å². The van der Waals surface area contributed by atoms with Crippen LogP contribution in [0.1, 0.15) is 29.1 Å². The van der Waals surface area contributed by atoms with E-state index in [1.54, 1.807) is 6.92 Å². The fraction of sp³-hybridized carbons (Fsp3) is 0.158. The van der Waals surface area contributed by atoms with Gasteiger partial charge in [-0.2, -0.15) is 0 Å². The number of fused-ring (bicyclic) bond motifs is 1. The summed E-state index contributed by atoms with van der Waals surface area (Å²) in [6, 6.07) is 14.2. The summed E-state index contributed by atoms with van der Waals surface area (Å²) in [7, 11) is 0. The second-order valence-electron chi connectivity index (χ2n) is 5.67. The number of furan rings is 1. The summed E-state index contributed by atoms with van der Waals surface area (Å²) in [5, 5.41) is 6.22. The minimum atomic E-state index is -0.438. The van der Waals surface area contributed by atoms with Crippen LogP contribution in [0.4, 0.5) is 4.39 Å². The SMILES string of the molecule is CC(NC(=O)CNC(=O)c1ccc(F)cc1)c1cc2ccccc2o1. The second kappa shape index (κ2) is 7.17. The van der Waals surface area contributed by atoms with E-state index < -0.39 is 11.7 Å². The number of carbonyl (C=O) groups is 2. The van der Waals surface area contributed by atoms with Crippen LogP contribution in [0, 0.1) is 5.82 Å². The van der Waals surface area contributed by atoms with E-state index in [2.05, 4.69) is 10.6 Å². The summed E-state index contributed by atoms with van der Waals surface area (Å²) in [6.45, 7) is 1.62. The molecular formula is C19H17FN2O3. The maximum atomic E-state index is 12.8. The predicted molar refractivity (Wildman–Crippen MR) is 91.5 cm³/mol. The lowest BCUT2D eigenvalue weighted by Gasteiger charge is -2.12. The molecule has 128 valence electrons. The molecule has 0 radical (unpaired) electrons. The Morgan fingerprint density at radius 2 is 1.84 bits per heavy atom. The molecule has 3 aromatic rings. The number of rotatable bonds is 5. The third-order valence-corrected chi connectivity index (χ3v) is 3.76. The molecule has 0 saturated carbocycles. The molecule has 1 unspecified atom stereocenters. The van der Waals surface area contributed by atoms with Gasteiger partial charge >= 0.3 is 0 Å². The van der Waals surface area contributed by atoms with Crippen molar-refractivity contribution in [3.8, 4) is 0 Å². The lowest BCUT2D eigenvalue weighted by atomic mass is 10.2. The van der Waals surface area contributed by atoms with Crippen LogP contribution in [-0.4, -0.2) is 18.4 Å². The average Bonchev–Trinajstić information content (AvgIpc) is 3.04. The van der Waals surface area contributed by atoms with Crippen LogP contribution < -0.4 is 10.6 Å². The maximum Gasteiger partial charge on any atom is 0.251 e. The highest BCUT2D eigenvalue weighted by molar-refractivity contribution is 5.96. The predicted octanol–water partition coefficient (Wildman–Crippen LogP) is 3.18. The summed E-state index contributed by atoms with van der Waals surface area (Å²) < 4.78 is 18.5. The average molecular weight is 340 g/mol. The van der Waals surface area contributed by atoms with Crippen LogP contribution in [0.25, 0.3) is 11.0 Å². The number of hydrogen-bond donors (Lipinski definition) is 2. The molecule has 0 saturated heterocycles. The van der Waals surface area contributed by atoms with Crippen molar-refractivity contribution >= 4 is 22.8 Å². The van der Waals surface area contributed by atoms with Gasteiger partial charge in [-0.3, -0.25) is 9.59 Å². The smallest absolute Gasteiger partial charge is 0.251 e. The Morgan fingerprint density at radius 1 is 1.12 bits per heavy atom. The van der Waals surface area contributed by atoms with E-state index in [0.717, 1.165) is 11.0 Å². The molecule has 0 aliphatic rings. The zero-order valence-electron chi connectivity index (χ0n) is 13.6. The van der Waals surface area contributed by atoms with E-state index in [0.29, 0.717) is 11.3 Å². The molecule has 2 amide bonds. The van der Waals surface area contributed by atoms with Gasteiger partial charge in [0.25, 0.3) is 5.91 Å². The fourth-order valence-electron chi connectivity index (χ4n) is 2.44. The van der Waals surface area contributed by atoms with Crippen molar-refractivity contribution in [2.75, 3.05) is 6.54 Å². The van der Waals surface area contributed by atoms with Crippen LogP contribution in [-0.2, 0) is 4.79 Å². The van der Waals surface area contributed by atoms with Crippen LogP contribution in [0.2, 0.25) is 0 Å². The third kappa shape index (κ3) is 4.03. The normalized spacial score (nSPS) is 11.9. The molecule has 1 heterocycles. The van der Waals surface area contributed by atoms with Gasteiger partial charge in [0.05, 0.1) is 12.6 Å². The first-order valence-electron chi connectivity index (χ1n) is 7.84. The molecule has 0 aliphatic carbocycles. The molecule has 0 bridgehead atoms. The lowest BCUT2D eigenvalue weighted by Crippen LogP contribution is -2.37. The topological polar surface area (TPSA) is 71.3 Å². The number of halogens is 1. The quantitative estimate of drug-likeness (QED) is 0.749. The first kappa shape index (κ1) is 16.7. The number of carbonyl (C=O) groups excluding carboxylic acids is 2. The molecule has 6 heteroatoms. The monoisotopic (exact) mass is 340 g/mol. The molecule has 0 fully saturated rings. The van der Waals surface area contributed by atoms with Crippen LogP contribution in [0.3, 0.4) is 0 Å². The summed E-state index contributed by atoms with van der Waals surface area (Å²) in [5.41, 5.74) is 1.04. The number of benzene rings is 2. The third-order valence-electron chi connectivity index (χ3n) is 3.76. The van der Waals surface area contributed by atoms with Crippen molar-refractivity contribution in [2.24, 2.45) is 0 Å². The number of hydrogen-bond acceptors (Lipinski definition) is 3. The standard InChI is InChI=1S/C19H17FN2O3/c1-12(17-10-14-4-2-3-5-16(14)25-17)22-18(23)11-21-19(24)13-6-8-15(20)9-7-13/h2-10,12H,11H2,1H3,(H,21,24)(H,22,23). The van der Waals surface area contributed by atoms with Crippen molar-refractivity contribution in [3.63, 3.8) is 0 Å². The molecule has 0 spiro atoms. The van der Waals surface area contributed by atoms with E-state index in [-0.39, 0.29) is 18.5 Å². The number of para-hydroxylation sites is 1. The first-order valence-corrected chi connectivity index (χ1v) is 7.84. The molecule has 1 atom stereocenters. The summed E-state index contributed by atoms with van der Waals surface area (Å²) >= 11 is 0. The van der Waals surface area contributed by atoms with Gasteiger partial charge in [0.1, 0.15) is 17.2 Å². The molecule has 0 aliphatic heterocycles. The molecule has 25 heavy (non-hydrogen) atoms. The van der Waals surface area contributed by atoms with E-state index in [1.807, 2.05) is 30.3 Å². The number of nitrogens with one attached hydrogen (secondary N) is 2. The van der Waals surface area contributed by atoms with Gasteiger partial charge < -0.3 is 15.1 Å². The van der Waals surface area contributed by atoms with E-state index in [4.69, 9.17) is 4.42 Å². The fourth-order valence-corrected chi connectivity index (χ4v) is 2.44. The van der Waals surface area contributed by atoms with E-state index in [9.17, 15) is 14.0 Å². The summed E-state index contributed by atoms with van der Waals surface area (Å²) in [5.74, 6) is -0.566. The highest BCUT2D eigenvalue weighted by Crippen LogP contribution is 2.23. The van der Waals surface area contributed by atoms with Crippen molar-refractivity contribution < 1.29 is 18.4 Å². The Labute approximate surface area is 143 Å². The van der Waals surface area contributed by atoms with Gasteiger partial charge in [0, 0.05) is 10.9 Å². The van der Waals surface area contributed by atoms with Gasteiger partial charge in [-0.15, -0.1) is 0 Å². The Morgan fingerprint density at radius 3 is 2.56 bits per heavy atom. The van der Waals surface area contributed by atoms with Gasteiger partial charge in [0.2, 0.25) is 5.91 Å². The zero-order valence-corrected chi connectivity index (χ0v) is 13.6. The molecule has 2 N–H and O–H groups in total. The molecule has 1 aromatic heterocycles. The Balaban J connectivity index is 1.54. The van der Waals surface area contributed by atoms with Crippen LogP contribution in [0.15, 0.2) is 59.0 Å². The molecule has 3 rings (SSSR count). The summed E-state index contributed by atoms with van der Waals surface area (Å²) in [4.78, 5) is 23.9. The van der Waals surface area contributed by atoms with E-state index in [1.165, 1.54) is 24.3 Å². The Hall–Kier alpha value is -3.15. The second-order valence-corrected chi connectivity index (χ2v) is 5.67. The van der Waals surface area contributed by atoms with Gasteiger partial charge in [-0.05, 0) is 43.3 Å². The minimum Gasteiger partial charge on any atom is -0.459 e. The molecule has 2 aromatic carbocycles. The van der Waals surface area contributed by atoms with Crippen LogP contribution in [0.5, 0.6) is 0 Å². The number of amides is 2. The van der Waals surface area contributed by atoms with Gasteiger partial charge in [0.15, 0.2) is 0 Å².